The van der Waals surface area contributed by atoms with E-state index in [0.29, 0.717) is 13.1 Å². The zero-order chi connectivity index (χ0) is 36.6. The van der Waals surface area contributed by atoms with E-state index in [-0.39, 0.29) is 23.7 Å². The Balaban J connectivity index is 1.27. The second-order valence-corrected chi connectivity index (χ2v) is 17.3. The van der Waals surface area contributed by atoms with E-state index in [2.05, 4.69) is 97.9 Å². The molecule has 0 amide bonds. The van der Waals surface area contributed by atoms with Crippen LogP contribution in [0, 0.1) is 0 Å². The van der Waals surface area contributed by atoms with Gasteiger partial charge in [0.15, 0.2) is 5.71 Å². The summed E-state index contributed by atoms with van der Waals surface area (Å²) >= 11 is 0. The topological polar surface area (TPSA) is 121 Å². The minimum atomic E-state index is -4.32. The van der Waals surface area contributed by atoms with Gasteiger partial charge in [-0.2, -0.15) is 4.58 Å². The van der Waals surface area contributed by atoms with Crippen molar-refractivity contribution in [3.63, 3.8) is 0 Å². The van der Waals surface area contributed by atoms with Crippen molar-refractivity contribution in [1.82, 2.24) is 0 Å². The van der Waals surface area contributed by atoms with E-state index in [1.807, 2.05) is 54.6 Å². The summed E-state index contributed by atoms with van der Waals surface area (Å²) in [5.74, 6) is -0.839. The van der Waals surface area contributed by atoms with E-state index in [1.54, 1.807) is 0 Å². The van der Waals surface area contributed by atoms with Crippen molar-refractivity contribution in [3.8, 4) is 0 Å². The molecule has 51 heavy (non-hydrogen) atoms. The molecule has 2 aliphatic heterocycles. The highest BCUT2D eigenvalue weighted by Crippen LogP contribution is 2.51. The van der Waals surface area contributed by atoms with Gasteiger partial charge in [-0.3, -0.25) is 0 Å². The van der Waals surface area contributed by atoms with Crippen LogP contribution in [0.5, 0.6) is 0 Å². The highest BCUT2D eigenvalue weighted by atomic mass is 32.2. The molecule has 4 aromatic rings. The van der Waals surface area contributed by atoms with E-state index in [4.69, 9.17) is 0 Å². The molecule has 0 atom stereocenters. The third-order valence-electron chi connectivity index (χ3n) is 10.0. The third kappa shape index (κ3) is 7.51. The lowest BCUT2D eigenvalue weighted by atomic mass is 9.79. The minimum absolute atomic E-state index is 0.221. The van der Waals surface area contributed by atoms with Crippen LogP contribution < -0.4 is 4.90 Å². The molecule has 0 radical (unpaired) electrons. The highest BCUT2D eigenvalue weighted by molar-refractivity contribution is 7.85. The van der Waals surface area contributed by atoms with Crippen molar-refractivity contribution in [2.75, 3.05) is 29.5 Å². The van der Waals surface area contributed by atoms with Crippen molar-refractivity contribution in [1.29, 1.82) is 0 Å². The third-order valence-corrected chi connectivity index (χ3v) is 11.6. The smallest absolute Gasteiger partial charge is 0.210 e. The zero-order valence-corrected chi connectivity index (χ0v) is 31.0. The molecular formula is C41H43N2O6S2-. The first kappa shape index (κ1) is 36.4. The van der Waals surface area contributed by atoms with Gasteiger partial charge < -0.3 is 14.0 Å². The lowest BCUT2D eigenvalue weighted by Gasteiger charge is -2.27. The molecule has 0 unspecified atom stereocenters. The van der Waals surface area contributed by atoms with Crippen LogP contribution in [0.2, 0.25) is 0 Å². The van der Waals surface area contributed by atoms with Crippen molar-refractivity contribution in [3.05, 3.63) is 132 Å². The molecule has 0 fully saturated rings. The second kappa shape index (κ2) is 14.0. The van der Waals surface area contributed by atoms with Crippen LogP contribution in [0.3, 0.4) is 0 Å². The summed E-state index contributed by atoms with van der Waals surface area (Å²) in [6, 6.07) is 24.8. The maximum Gasteiger partial charge on any atom is 0.210 e. The molecule has 0 saturated heterocycles. The van der Waals surface area contributed by atoms with Gasteiger partial charge >= 0.3 is 0 Å². The summed E-state index contributed by atoms with van der Waals surface area (Å²) in [5.41, 5.74) is 5.66. The number of fused-ring (bicyclic) bond motifs is 6. The quantitative estimate of drug-likeness (QED) is 0.0839. The average Bonchev–Trinajstić information content (AvgIpc) is 3.41. The maximum atomic E-state index is 11.4. The summed E-state index contributed by atoms with van der Waals surface area (Å²) in [6.07, 6.45) is 14.3. The van der Waals surface area contributed by atoms with Gasteiger partial charge in [0, 0.05) is 59.0 Å². The van der Waals surface area contributed by atoms with Crippen molar-refractivity contribution in [2.45, 2.75) is 51.4 Å². The number of anilines is 1. The van der Waals surface area contributed by atoms with Crippen LogP contribution in [0.4, 0.5) is 11.4 Å². The van der Waals surface area contributed by atoms with Crippen LogP contribution in [-0.2, 0) is 31.1 Å². The molecule has 0 saturated carbocycles. The normalized spacial score (nSPS) is 18.0. The number of nitrogens with zero attached hydrogens (tertiary/aromatic N) is 2. The summed E-state index contributed by atoms with van der Waals surface area (Å²) < 4.78 is 70.6. The monoisotopic (exact) mass is 723 g/mol. The molecule has 0 spiro atoms. The van der Waals surface area contributed by atoms with Crippen molar-refractivity contribution in [2.24, 2.45) is 0 Å². The second-order valence-electron chi connectivity index (χ2n) is 14.2. The van der Waals surface area contributed by atoms with Gasteiger partial charge in [0.2, 0.25) is 5.69 Å². The summed E-state index contributed by atoms with van der Waals surface area (Å²) in [4.78, 5) is 2.13. The highest BCUT2D eigenvalue weighted by Gasteiger charge is 2.45. The Labute approximate surface area is 301 Å². The van der Waals surface area contributed by atoms with Gasteiger partial charge in [-0.25, -0.2) is 16.8 Å². The van der Waals surface area contributed by atoms with Gasteiger partial charge in [-0.05, 0) is 65.6 Å². The van der Waals surface area contributed by atoms with Gasteiger partial charge in [0.1, 0.15) is 6.54 Å². The van der Waals surface area contributed by atoms with Crippen LogP contribution in [0.15, 0.2) is 121 Å². The summed E-state index contributed by atoms with van der Waals surface area (Å²) in [6.45, 7) is 9.47. The lowest BCUT2D eigenvalue weighted by Crippen LogP contribution is -2.28. The average molecular weight is 724 g/mol. The number of benzene rings is 4. The Kier molecular flexibility index (Phi) is 10.00. The predicted octanol–water partition coefficient (Wildman–Crippen LogP) is 7.59. The fourth-order valence-corrected chi connectivity index (χ4v) is 8.80. The molecule has 0 aromatic heterocycles. The molecule has 266 valence electrons. The van der Waals surface area contributed by atoms with E-state index >= 15 is 0 Å². The van der Waals surface area contributed by atoms with Gasteiger partial charge in [0.25, 0.3) is 0 Å². The molecule has 6 rings (SSSR count). The first-order chi connectivity index (χ1) is 24.1. The fourth-order valence-electron chi connectivity index (χ4n) is 7.84. The molecule has 0 N–H and O–H groups in total. The lowest BCUT2D eigenvalue weighted by molar-refractivity contribution is -0.437. The standard InChI is InChI=1S/C41H44N2O6S2/c1-40(2)36(42(26-14-28-50(44,45)46)34-24-22-30-16-10-12-18-32(30)38(34)40)20-8-6-5-7-9-21-37-41(3,4)39-33-19-13-11-17-31(33)23-25-35(39)43(37)27-15-29-51(47,48)49/h5-13,16-25H,14-15,26-29H2,1-4H3,(H-,44,45,46,47,48,49)/p-1. The van der Waals surface area contributed by atoms with Gasteiger partial charge in [-0.1, -0.05) is 98.8 Å². The number of hydrogen-bond donors (Lipinski definition) is 0. The minimum Gasteiger partial charge on any atom is -0.748 e. The van der Waals surface area contributed by atoms with E-state index < -0.39 is 31.7 Å². The molecule has 0 aliphatic carbocycles. The summed E-state index contributed by atoms with van der Waals surface area (Å²) in [5, 5.41) is 4.55. The summed E-state index contributed by atoms with van der Waals surface area (Å²) in [7, 11) is -8.65. The first-order valence-corrected chi connectivity index (χ1v) is 20.3. The predicted molar refractivity (Wildman–Crippen MR) is 205 cm³/mol. The van der Waals surface area contributed by atoms with E-state index in [1.165, 1.54) is 11.1 Å². The molecule has 4 aromatic carbocycles. The van der Waals surface area contributed by atoms with Gasteiger partial charge in [-0.15, -0.1) is 0 Å². The van der Waals surface area contributed by atoms with Crippen LogP contribution in [-0.4, -0.2) is 60.8 Å². The Bertz CT molecular complexity index is 2380. The maximum absolute atomic E-state index is 11.4. The Morgan fingerprint density at radius 3 is 1.90 bits per heavy atom. The van der Waals surface area contributed by atoms with Crippen LogP contribution >= 0.6 is 0 Å². The molecule has 10 heteroatoms. The Morgan fingerprint density at radius 1 is 0.667 bits per heavy atom. The Morgan fingerprint density at radius 2 is 1.24 bits per heavy atom. The number of allylic oxidation sites excluding steroid dienone is 8. The molecule has 8 nitrogen and oxygen atoms in total. The van der Waals surface area contributed by atoms with Crippen molar-refractivity contribution < 1.29 is 30.5 Å². The SMILES string of the molecule is CC1(C)C(/C=C/C=C/C=C/C=C2\N(CCCS(=O)(=O)[O-])c3ccc4ccccc4c3C2(C)C)=[N+](CCCS(=O)(=O)[O-])c2ccc3ccccc3c21. The molecular weight excluding hydrogens is 681 g/mol. The molecule has 2 heterocycles. The Hall–Kier alpha value is -4.35. The van der Waals surface area contributed by atoms with Crippen LogP contribution in [0.25, 0.3) is 21.5 Å². The largest absolute Gasteiger partial charge is 0.748 e. The van der Waals surface area contributed by atoms with Crippen LogP contribution in [0.1, 0.15) is 51.7 Å². The number of hydrogen-bond acceptors (Lipinski definition) is 7. The van der Waals surface area contributed by atoms with E-state index in [0.717, 1.165) is 44.3 Å². The first-order valence-electron chi connectivity index (χ1n) is 17.2. The van der Waals surface area contributed by atoms with Gasteiger partial charge in [0.05, 0.1) is 25.7 Å². The molecule has 0 bridgehead atoms. The van der Waals surface area contributed by atoms with Crippen molar-refractivity contribution >= 4 is 58.9 Å². The fraction of sp³-hybridized carbons (Fsp3) is 0.293. The number of rotatable bonds is 12. The van der Waals surface area contributed by atoms with E-state index in [9.17, 15) is 25.9 Å². The molecule has 2 aliphatic rings. The zero-order valence-electron chi connectivity index (χ0n) is 29.4.